The van der Waals surface area contributed by atoms with E-state index in [4.69, 9.17) is 5.73 Å². The van der Waals surface area contributed by atoms with Gasteiger partial charge in [0.2, 0.25) is 0 Å². The van der Waals surface area contributed by atoms with Crippen molar-refractivity contribution in [2.45, 2.75) is 25.8 Å². The van der Waals surface area contributed by atoms with Crippen LogP contribution >= 0.6 is 11.3 Å². The highest BCUT2D eigenvalue weighted by Gasteiger charge is 2.17. The Morgan fingerprint density at radius 1 is 1.60 bits per heavy atom. The maximum Gasteiger partial charge on any atom is 0.184 e. The van der Waals surface area contributed by atoms with Crippen LogP contribution in [0.25, 0.3) is 0 Å². The summed E-state index contributed by atoms with van der Waals surface area (Å²) in [6, 6.07) is 0.581. The Morgan fingerprint density at radius 3 is 2.93 bits per heavy atom. The van der Waals surface area contributed by atoms with Gasteiger partial charge in [-0.2, -0.15) is 0 Å². The molecule has 1 aliphatic rings. The Morgan fingerprint density at radius 2 is 2.33 bits per heavy atom. The van der Waals surface area contributed by atoms with E-state index in [1.807, 2.05) is 0 Å². The molecule has 1 saturated heterocycles. The molecule has 1 unspecified atom stereocenters. The molecule has 2 heterocycles. The third-order valence-electron chi connectivity index (χ3n) is 2.84. The smallest absolute Gasteiger partial charge is 0.184 e. The molecule has 4 nitrogen and oxygen atoms in total. The largest absolute Gasteiger partial charge is 0.389 e. The summed E-state index contributed by atoms with van der Waals surface area (Å²) in [5.41, 5.74) is 5.61. The van der Waals surface area contributed by atoms with Crippen LogP contribution in [0, 0.1) is 0 Å². The molecule has 0 saturated carbocycles. The Bertz CT molecular complexity index is 306. The van der Waals surface area contributed by atoms with Gasteiger partial charge in [-0.3, -0.25) is 4.90 Å². The summed E-state index contributed by atoms with van der Waals surface area (Å²) in [5, 5.41) is 5.03. The first-order valence-corrected chi connectivity index (χ1v) is 6.26. The molecule has 0 aromatic carbocycles. The first kappa shape index (κ1) is 10.7. The van der Waals surface area contributed by atoms with Crippen molar-refractivity contribution in [3.8, 4) is 0 Å². The van der Waals surface area contributed by atoms with Crippen molar-refractivity contribution in [3.63, 3.8) is 0 Å². The molecule has 0 bridgehead atoms. The minimum atomic E-state index is 0.581. The quantitative estimate of drug-likeness (QED) is 0.819. The van der Waals surface area contributed by atoms with Crippen LogP contribution in [-0.4, -0.2) is 35.6 Å². The lowest BCUT2D eigenvalue weighted by Crippen LogP contribution is -2.35. The Kier molecular flexibility index (Phi) is 3.43. The Labute approximate surface area is 94.5 Å². The summed E-state index contributed by atoms with van der Waals surface area (Å²) >= 11 is 1.51. The highest BCUT2D eigenvalue weighted by molar-refractivity contribution is 7.19. The fourth-order valence-corrected chi connectivity index (χ4v) is 2.50. The second-order valence-electron chi connectivity index (χ2n) is 4.04. The highest BCUT2D eigenvalue weighted by Crippen LogP contribution is 2.20. The van der Waals surface area contributed by atoms with Gasteiger partial charge >= 0.3 is 0 Å². The van der Waals surface area contributed by atoms with Crippen molar-refractivity contribution < 1.29 is 0 Å². The van der Waals surface area contributed by atoms with Crippen molar-refractivity contribution in [2.75, 3.05) is 30.7 Å². The molecular weight excluding hydrogens is 208 g/mol. The van der Waals surface area contributed by atoms with E-state index >= 15 is 0 Å². The minimum absolute atomic E-state index is 0.581. The van der Waals surface area contributed by atoms with Gasteiger partial charge in [0.15, 0.2) is 5.13 Å². The van der Waals surface area contributed by atoms with E-state index in [1.165, 1.54) is 37.3 Å². The third-order valence-corrected chi connectivity index (χ3v) is 3.62. The summed E-state index contributed by atoms with van der Waals surface area (Å²) in [7, 11) is 0. The first-order valence-electron chi connectivity index (χ1n) is 5.45. The number of likely N-dealkylation sites (tertiary alicyclic amines) is 1. The lowest BCUT2D eigenvalue weighted by Gasteiger charge is -2.23. The lowest BCUT2D eigenvalue weighted by atomic mass is 10.3. The SMILES string of the molecule is CC(CNc1ncc(N)s1)N1CCCC1. The van der Waals surface area contributed by atoms with E-state index < -0.39 is 0 Å². The molecule has 1 fully saturated rings. The number of nitrogens with two attached hydrogens (primary N) is 1. The van der Waals surface area contributed by atoms with Gasteiger partial charge in [0.1, 0.15) is 5.00 Å². The summed E-state index contributed by atoms with van der Waals surface area (Å²) in [4.78, 5) is 6.70. The average Bonchev–Trinajstić information content (AvgIpc) is 2.84. The number of hydrogen-bond donors (Lipinski definition) is 2. The Hall–Kier alpha value is -0.810. The van der Waals surface area contributed by atoms with Crippen LogP contribution in [0.2, 0.25) is 0 Å². The van der Waals surface area contributed by atoms with E-state index in [9.17, 15) is 0 Å². The molecule has 0 radical (unpaired) electrons. The summed E-state index contributed by atoms with van der Waals surface area (Å²) in [6.07, 6.45) is 4.39. The minimum Gasteiger partial charge on any atom is -0.389 e. The molecule has 0 aliphatic carbocycles. The summed E-state index contributed by atoms with van der Waals surface area (Å²) in [6.45, 7) is 5.69. The van der Waals surface area contributed by atoms with E-state index in [-0.39, 0.29) is 0 Å². The van der Waals surface area contributed by atoms with E-state index in [0.29, 0.717) is 6.04 Å². The molecule has 1 aromatic rings. The standard InChI is InChI=1S/C10H18N4S/c1-8(14-4-2-3-5-14)6-12-10-13-7-9(11)15-10/h7-8H,2-6,11H2,1H3,(H,12,13). The fraction of sp³-hybridized carbons (Fsp3) is 0.700. The zero-order valence-electron chi connectivity index (χ0n) is 9.07. The third kappa shape index (κ3) is 2.82. The van der Waals surface area contributed by atoms with Crippen LogP contribution < -0.4 is 11.1 Å². The van der Waals surface area contributed by atoms with Crippen molar-refractivity contribution >= 4 is 21.5 Å². The number of nitrogen functional groups attached to an aromatic ring is 1. The van der Waals surface area contributed by atoms with E-state index in [2.05, 4.69) is 22.1 Å². The average molecular weight is 226 g/mol. The number of anilines is 2. The Balaban J connectivity index is 1.77. The van der Waals surface area contributed by atoms with Gasteiger partial charge in [-0.15, -0.1) is 0 Å². The van der Waals surface area contributed by atoms with Crippen LogP contribution in [0.5, 0.6) is 0 Å². The highest BCUT2D eigenvalue weighted by atomic mass is 32.1. The van der Waals surface area contributed by atoms with E-state index in [0.717, 1.165) is 16.7 Å². The maximum atomic E-state index is 5.61. The predicted molar refractivity (Wildman–Crippen MR) is 65.3 cm³/mol. The predicted octanol–water partition coefficient (Wildman–Crippen LogP) is 1.62. The molecule has 15 heavy (non-hydrogen) atoms. The van der Waals surface area contributed by atoms with Gasteiger partial charge < -0.3 is 11.1 Å². The second kappa shape index (κ2) is 4.81. The van der Waals surface area contributed by atoms with Crippen LogP contribution in [0.1, 0.15) is 19.8 Å². The van der Waals surface area contributed by atoms with Gasteiger partial charge in [-0.05, 0) is 32.9 Å². The molecule has 2 rings (SSSR count). The van der Waals surface area contributed by atoms with Crippen LogP contribution in [0.15, 0.2) is 6.20 Å². The summed E-state index contributed by atoms with van der Waals surface area (Å²) < 4.78 is 0. The number of nitrogens with zero attached hydrogens (tertiary/aromatic N) is 2. The number of aromatic nitrogens is 1. The topological polar surface area (TPSA) is 54.2 Å². The van der Waals surface area contributed by atoms with Crippen molar-refractivity contribution in [3.05, 3.63) is 6.20 Å². The molecule has 0 spiro atoms. The number of rotatable bonds is 4. The second-order valence-corrected chi connectivity index (χ2v) is 5.10. The van der Waals surface area contributed by atoms with Crippen LogP contribution in [0.3, 0.4) is 0 Å². The molecule has 5 heteroatoms. The summed E-state index contributed by atoms with van der Waals surface area (Å²) in [5.74, 6) is 0. The van der Waals surface area contributed by atoms with Gasteiger partial charge in [0, 0.05) is 12.6 Å². The number of thiazole rings is 1. The molecule has 0 amide bonds. The van der Waals surface area contributed by atoms with Gasteiger partial charge in [0.05, 0.1) is 6.20 Å². The van der Waals surface area contributed by atoms with Gasteiger partial charge in [-0.1, -0.05) is 11.3 Å². The molecule has 1 aromatic heterocycles. The normalized spacial score (nSPS) is 19.3. The van der Waals surface area contributed by atoms with Crippen molar-refractivity contribution in [1.29, 1.82) is 0 Å². The number of hydrogen-bond acceptors (Lipinski definition) is 5. The first-order chi connectivity index (χ1) is 7.25. The van der Waals surface area contributed by atoms with Crippen LogP contribution in [0.4, 0.5) is 10.1 Å². The zero-order valence-corrected chi connectivity index (χ0v) is 9.89. The monoisotopic (exact) mass is 226 g/mol. The van der Waals surface area contributed by atoms with Crippen molar-refractivity contribution in [2.24, 2.45) is 0 Å². The molecule has 3 N–H and O–H groups in total. The van der Waals surface area contributed by atoms with Gasteiger partial charge in [0.25, 0.3) is 0 Å². The van der Waals surface area contributed by atoms with E-state index in [1.54, 1.807) is 6.20 Å². The maximum absolute atomic E-state index is 5.61. The van der Waals surface area contributed by atoms with Gasteiger partial charge in [-0.25, -0.2) is 4.98 Å². The zero-order chi connectivity index (χ0) is 10.7. The lowest BCUT2D eigenvalue weighted by molar-refractivity contribution is 0.269. The van der Waals surface area contributed by atoms with Crippen LogP contribution in [-0.2, 0) is 0 Å². The fourth-order valence-electron chi connectivity index (χ4n) is 1.91. The molecule has 1 aliphatic heterocycles. The molecular formula is C10H18N4S. The molecule has 84 valence electrons. The van der Waals surface area contributed by atoms with Crippen molar-refractivity contribution in [1.82, 2.24) is 9.88 Å². The number of nitrogens with one attached hydrogen (secondary N) is 1. The molecule has 1 atom stereocenters.